The van der Waals surface area contributed by atoms with E-state index in [1.54, 1.807) is 44.6 Å². The summed E-state index contributed by atoms with van der Waals surface area (Å²) in [4.78, 5) is 12.5. The molecule has 0 aliphatic rings. The van der Waals surface area contributed by atoms with Gasteiger partial charge in [0.2, 0.25) is 0 Å². The van der Waals surface area contributed by atoms with Crippen LogP contribution in [0.4, 0.5) is 0 Å². The van der Waals surface area contributed by atoms with Crippen LogP contribution in [-0.2, 0) is 0 Å². The Morgan fingerprint density at radius 2 is 1.47 bits per heavy atom. The van der Waals surface area contributed by atoms with Gasteiger partial charge in [-0.15, -0.1) is 0 Å². The third kappa shape index (κ3) is 4.75. The number of rotatable bonds is 9. The van der Waals surface area contributed by atoms with Crippen molar-refractivity contribution in [2.45, 2.75) is 0 Å². The molecule has 0 bridgehead atoms. The fourth-order valence-electron chi connectivity index (χ4n) is 2.96. The molecule has 10 nitrogen and oxygen atoms in total. The van der Waals surface area contributed by atoms with Crippen LogP contribution >= 0.6 is 0 Å². The summed E-state index contributed by atoms with van der Waals surface area (Å²) >= 11 is 0. The Hall–Kier alpha value is -4.21. The molecule has 2 aromatic carbocycles. The average molecular weight is 440 g/mol. The van der Waals surface area contributed by atoms with Crippen LogP contribution in [0, 0.1) is 0 Å². The maximum Gasteiger partial charge on any atom is 0.289 e. The number of hydrazone groups is 1. The summed E-state index contributed by atoms with van der Waals surface area (Å²) in [5.74, 6) is 2.25. The van der Waals surface area contributed by atoms with Crippen LogP contribution in [0.1, 0.15) is 16.1 Å². The van der Waals surface area contributed by atoms with Gasteiger partial charge in [0.15, 0.2) is 23.0 Å². The molecule has 1 amide bonds. The van der Waals surface area contributed by atoms with Crippen molar-refractivity contribution >= 4 is 12.1 Å². The van der Waals surface area contributed by atoms with Crippen LogP contribution in [0.3, 0.4) is 0 Å². The summed E-state index contributed by atoms with van der Waals surface area (Å²) in [6, 6.07) is 10.3. The van der Waals surface area contributed by atoms with Gasteiger partial charge in [-0.2, -0.15) is 10.2 Å². The van der Waals surface area contributed by atoms with Gasteiger partial charge in [-0.25, -0.2) is 5.43 Å². The average Bonchev–Trinajstić information content (AvgIpc) is 3.33. The number of nitrogens with zero attached hydrogens (tertiary/aromatic N) is 2. The first kappa shape index (κ1) is 22.5. The van der Waals surface area contributed by atoms with Crippen LogP contribution in [0.2, 0.25) is 0 Å². The molecule has 1 aromatic heterocycles. The molecule has 0 aliphatic heterocycles. The number of benzene rings is 2. The minimum absolute atomic E-state index is 0.242. The van der Waals surface area contributed by atoms with Crippen LogP contribution in [0.15, 0.2) is 41.5 Å². The summed E-state index contributed by atoms with van der Waals surface area (Å²) in [5, 5.41) is 10.9. The number of amides is 1. The fraction of sp³-hybridized carbons (Fsp3) is 0.227. The number of aromatic amines is 1. The van der Waals surface area contributed by atoms with E-state index in [-0.39, 0.29) is 5.69 Å². The Morgan fingerprint density at radius 1 is 0.844 bits per heavy atom. The largest absolute Gasteiger partial charge is 0.496 e. The van der Waals surface area contributed by atoms with Crippen LogP contribution in [-0.4, -0.2) is 57.9 Å². The number of hydrogen-bond acceptors (Lipinski definition) is 8. The quantitative estimate of drug-likeness (QED) is 0.388. The van der Waals surface area contributed by atoms with Crippen molar-refractivity contribution < 1.29 is 28.5 Å². The summed E-state index contributed by atoms with van der Waals surface area (Å²) in [6.45, 7) is 0. The van der Waals surface area contributed by atoms with Crippen molar-refractivity contribution in [3.05, 3.63) is 47.7 Å². The monoisotopic (exact) mass is 440 g/mol. The molecule has 0 aliphatic carbocycles. The van der Waals surface area contributed by atoms with Crippen molar-refractivity contribution in [1.29, 1.82) is 0 Å². The Kier molecular flexibility index (Phi) is 7.17. The zero-order valence-electron chi connectivity index (χ0n) is 18.4. The second kappa shape index (κ2) is 10.2. The van der Waals surface area contributed by atoms with E-state index in [0.717, 1.165) is 5.56 Å². The number of carbonyl (C=O) groups is 1. The molecule has 0 atom stereocenters. The number of methoxy groups -OCH3 is 5. The Morgan fingerprint density at radius 3 is 2.12 bits per heavy atom. The molecule has 0 radical (unpaired) electrons. The van der Waals surface area contributed by atoms with Crippen molar-refractivity contribution in [2.24, 2.45) is 5.10 Å². The molecule has 0 unspecified atom stereocenters. The van der Waals surface area contributed by atoms with Gasteiger partial charge in [0.1, 0.15) is 11.4 Å². The van der Waals surface area contributed by atoms with Gasteiger partial charge in [-0.3, -0.25) is 9.89 Å². The first-order valence-corrected chi connectivity index (χ1v) is 9.45. The highest BCUT2D eigenvalue weighted by molar-refractivity contribution is 5.94. The van der Waals surface area contributed by atoms with Gasteiger partial charge in [0, 0.05) is 17.2 Å². The molecular formula is C22H24N4O6. The predicted molar refractivity (Wildman–Crippen MR) is 118 cm³/mol. The maximum atomic E-state index is 12.5. The van der Waals surface area contributed by atoms with Crippen molar-refractivity contribution in [3.8, 4) is 40.0 Å². The summed E-state index contributed by atoms with van der Waals surface area (Å²) in [6.07, 6.45) is 1.45. The van der Waals surface area contributed by atoms with E-state index in [9.17, 15) is 4.79 Å². The number of H-pyrrole nitrogens is 1. The molecule has 3 rings (SSSR count). The van der Waals surface area contributed by atoms with Gasteiger partial charge in [-0.05, 0) is 30.3 Å². The lowest BCUT2D eigenvalue weighted by Crippen LogP contribution is -2.18. The van der Waals surface area contributed by atoms with Crippen LogP contribution < -0.4 is 29.1 Å². The number of nitrogens with one attached hydrogen (secondary N) is 2. The number of carbonyl (C=O) groups excluding carboxylic acids is 1. The van der Waals surface area contributed by atoms with Crippen LogP contribution in [0.5, 0.6) is 28.7 Å². The lowest BCUT2D eigenvalue weighted by molar-refractivity contribution is 0.0950. The van der Waals surface area contributed by atoms with Crippen molar-refractivity contribution in [1.82, 2.24) is 15.6 Å². The number of hydrogen-bond donors (Lipinski definition) is 2. The van der Waals surface area contributed by atoms with E-state index < -0.39 is 5.91 Å². The molecule has 1 heterocycles. The minimum Gasteiger partial charge on any atom is -0.496 e. The van der Waals surface area contributed by atoms with Crippen molar-refractivity contribution in [2.75, 3.05) is 35.5 Å². The maximum absolute atomic E-state index is 12.5. The van der Waals surface area contributed by atoms with E-state index in [1.165, 1.54) is 27.5 Å². The number of aromatic nitrogens is 2. The SMILES string of the molecule is COc1cc(OC)c(OC)cc1/C=N\NC(=O)c1cc(-c2ccc(OC)c(OC)c2)n[nH]1. The lowest BCUT2D eigenvalue weighted by atomic mass is 10.1. The van der Waals surface area contributed by atoms with Gasteiger partial charge >= 0.3 is 0 Å². The van der Waals surface area contributed by atoms with E-state index in [1.807, 2.05) is 6.07 Å². The summed E-state index contributed by atoms with van der Waals surface area (Å²) in [5.41, 5.74) is 4.63. The molecule has 0 spiro atoms. The zero-order valence-corrected chi connectivity index (χ0v) is 18.4. The van der Waals surface area contributed by atoms with Crippen LogP contribution in [0.25, 0.3) is 11.3 Å². The summed E-state index contributed by atoms with van der Waals surface area (Å²) in [7, 11) is 7.70. The van der Waals surface area contributed by atoms with E-state index in [4.69, 9.17) is 23.7 Å². The number of ether oxygens (including phenoxy) is 5. The van der Waals surface area contributed by atoms with E-state index in [0.29, 0.717) is 40.0 Å². The highest BCUT2D eigenvalue weighted by atomic mass is 16.5. The second-order valence-corrected chi connectivity index (χ2v) is 6.38. The topological polar surface area (TPSA) is 116 Å². The molecule has 0 saturated heterocycles. The standard InChI is InChI=1S/C22H24N4O6/c1-28-17-7-6-13(8-19(17)30-3)15-10-16(25-24-15)22(27)26-23-12-14-9-20(31-4)21(32-5)11-18(14)29-2/h6-12H,1-5H3,(H,24,25)(H,26,27)/b23-12-. The van der Waals surface area contributed by atoms with Gasteiger partial charge in [0.25, 0.3) is 5.91 Å². The first-order valence-electron chi connectivity index (χ1n) is 9.45. The third-order valence-corrected chi connectivity index (χ3v) is 4.61. The van der Waals surface area contributed by atoms with Gasteiger partial charge in [0.05, 0.1) is 47.5 Å². The lowest BCUT2D eigenvalue weighted by Gasteiger charge is -2.11. The van der Waals surface area contributed by atoms with E-state index in [2.05, 4.69) is 20.7 Å². The highest BCUT2D eigenvalue weighted by Gasteiger charge is 2.14. The summed E-state index contributed by atoms with van der Waals surface area (Å²) < 4.78 is 26.4. The molecule has 32 heavy (non-hydrogen) atoms. The first-order chi connectivity index (χ1) is 15.5. The van der Waals surface area contributed by atoms with Crippen molar-refractivity contribution in [3.63, 3.8) is 0 Å². The molecule has 2 N–H and O–H groups in total. The second-order valence-electron chi connectivity index (χ2n) is 6.38. The van der Waals surface area contributed by atoms with Gasteiger partial charge in [-0.1, -0.05) is 0 Å². The Bertz CT molecular complexity index is 1130. The van der Waals surface area contributed by atoms with E-state index >= 15 is 0 Å². The smallest absolute Gasteiger partial charge is 0.289 e. The van der Waals surface area contributed by atoms with Gasteiger partial charge < -0.3 is 23.7 Å². The Balaban J connectivity index is 1.74. The fourth-order valence-corrected chi connectivity index (χ4v) is 2.96. The molecule has 0 fully saturated rings. The normalized spacial score (nSPS) is 10.7. The Labute approximate surface area is 185 Å². The predicted octanol–water partition coefficient (Wildman–Crippen LogP) is 2.88. The molecule has 168 valence electrons. The highest BCUT2D eigenvalue weighted by Crippen LogP contribution is 2.34. The zero-order chi connectivity index (χ0) is 23.1. The molecule has 3 aromatic rings. The molecule has 10 heteroatoms. The minimum atomic E-state index is -0.458. The molecule has 0 saturated carbocycles. The molecular weight excluding hydrogens is 416 g/mol. The third-order valence-electron chi connectivity index (χ3n) is 4.61.